The van der Waals surface area contributed by atoms with Crippen molar-refractivity contribution < 1.29 is 9.18 Å². The first kappa shape index (κ1) is 16.6. The predicted octanol–water partition coefficient (Wildman–Crippen LogP) is 3.43. The average Bonchev–Trinajstić information content (AvgIpc) is 2.99. The lowest BCUT2D eigenvalue weighted by Gasteiger charge is -2.23. The Morgan fingerprint density at radius 2 is 2.05 bits per heavy atom. The number of anilines is 1. The molecule has 0 saturated heterocycles. The summed E-state index contributed by atoms with van der Waals surface area (Å²) in [6.07, 6.45) is 3.51. The monoisotopic (exact) mass is 384 g/mol. The SMILES string of the molecule is CN(N)C(=O)N(N)c1c(F)ccc(Br)c1/C=C/c1cccs1. The highest BCUT2D eigenvalue weighted by atomic mass is 79.9. The van der Waals surface area contributed by atoms with Gasteiger partial charge in [-0.25, -0.2) is 25.9 Å². The van der Waals surface area contributed by atoms with Gasteiger partial charge in [-0.15, -0.1) is 11.3 Å². The fourth-order valence-corrected chi connectivity index (χ4v) is 2.85. The van der Waals surface area contributed by atoms with Crippen molar-refractivity contribution in [1.82, 2.24) is 5.01 Å². The first-order valence-electron chi connectivity index (χ1n) is 6.18. The molecule has 2 amide bonds. The summed E-state index contributed by atoms with van der Waals surface area (Å²) >= 11 is 4.89. The Kier molecular flexibility index (Phi) is 5.30. The number of benzene rings is 1. The third-order valence-electron chi connectivity index (χ3n) is 2.82. The van der Waals surface area contributed by atoms with E-state index >= 15 is 0 Å². The molecule has 1 aromatic carbocycles. The van der Waals surface area contributed by atoms with Crippen LogP contribution in [0.2, 0.25) is 0 Å². The molecule has 0 aliphatic carbocycles. The molecule has 0 fully saturated rings. The van der Waals surface area contributed by atoms with Crippen LogP contribution in [0.4, 0.5) is 14.9 Å². The molecule has 22 heavy (non-hydrogen) atoms. The van der Waals surface area contributed by atoms with E-state index in [1.807, 2.05) is 23.6 Å². The maximum absolute atomic E-state index is 14.2. The molecule has 2 rings (SSSR count). The van der Waals surface area contributed by atoms with Crippen molar-refractivity contribution in [2.45, 2.75) is 0 Å². The number of thiophene rings is 1. The third-order valence-corrected chi connectivity index (χ3v) is 4.35. The van der Waals surface area contributed by atoms with Gasteiger partial charge in [0, 0.05) is 22.0 Å². The standard InChI is InChI=1S/C14H14BrFN4OS/c1-19(17)14(21)20(18)13-10(11(15)6-7-12(13)16)5-4-9-3-2-8-22-9/h2-8H,17-18H2,1H3/b5-4+. The van der Waals surface area contributed by atoms with Crippen LogP contribution in [0.1, 0.15) is 10.4 Å². The molecule has 0 radical (unpaired) electrons. The zero-order chi connectivity index (χ0) is 16.3. The number of urea groups is 1. The summed E-state index contributed by atoms with van der Waals surface area (Å²) in [5.74, 6) is 10.5. The minimum atomic E-state index is -0.734. The van der Waals surface area contributed by atoms with Crippen molar-refractivity contribution >= 4 is 51.1 Å². The van der Waals surface area contributed by atoms with Gasteiger partial charge in [-0.2, -0.15) is 0 Å². The summed E-state index contributed by atoms with van der Waals surface area (Å²) in [5, 5.41) is 3.41. The summed E-state index contributed by atoms with van der Waals surface area (Å²) in [6, 6.07) is 5.88. The van der Waals surface area contributed by atoms with Crippen molar-refractivity contribution in [2.75, 3.05) is 12.1 Å². The Hall–Kier alpha value is -1.74. The highest BCUT2D eigenvalue weighted by Gasteiger charge is 2.22. The molecule has 0 atom stereocenters. The molecule has 1 aromatic heterocycles. The summed E-state index contributed by atoms with van der Waals surface area (Å²) in [5.41, 5.74) is 0.399. The van der Waals surface area contributed by atoms with Crippen molar-refractivity contribution in [2.24, 2.45) is 11.7 Å². The van der Waals surface area contributed by atoms with Crippen LogP contribution in [0.5, 0.6) is 0 Å². The Balaban J connectivity index is 2.48. The molecular formula is C14H14BrFN4OS. The number of carbonyl (C=O) groups is 1. The average molecular weight is 385 g/mol. The van der Waals surface area contributed by atoms with Gasteiger partial charge in [0.1, 0.15) is 11.5 Å². The normalized spacial score (nSPS) is 11.0. The lowest BCUT2D eigenvalue weighted by atomic mass is 10.1. The predicted molar refractivity (Wildman–Crippen MR) is 91.4 cm³/mol. The summed E-state index contributed by atoms with van der Waals surface area (Å²) in [6.45, 7) is 0. The van der Waals surface area contributed by atoms with E-state index in [2.05, 4.69) is 15.9 Å². The first-order valence-corrected chi connectivity index (χ1v) is 7.86. The second kappa shape index (κ2) is 7.01. The van der Waals surface area contributed by atoms with Crippen molar-refractivity contribution in [3.05, 3.63) is 50.4 Å². The smallest absolute Gasteiger partial charge is 0.264 e. The van der Waals surface area contributed by atoms with E-state index in [1.165, 1.54) is 13.1 Å². The van der Waals surface area contributed by atoms with Gasteiger partial charge in [0.2, 0.25) is 0 Å². The van der Waals surface area contributed by atoms with Crippen LogP contribution in [-0.2, 0) is 0 Å². The summed E-state index contributed by atoms with van der Waals surface area (Å²) in [7, 11) is 1.33. The Morgan fingerprint density at radius 3 is 2.64 bits per heavy atom. The molecule has 0 saturated carbocycles. The van der Waals surface area contributed by atoms with Gasteiger partial charge in [-0.1, -0.05) is 28.1 Å². The second-order valence-corrected chi connectivity index (χ2v) is 6.24. The number of hydrogen-bond acceptors (Lipinski definition) is 4. The lowest BCUT2D eigenvalue weighted by molar-refractivity contribution is 0.216. The van der Waals surface area contributed by atoms with Crippen LogP contribution < -0.4 is 16.7 Å². The van der Waals surface area contributed by atoms with Crippen molar-refractivity contribution in [1.29, 1.82) is 0 Å². The largest absolute Gasteiger partial charge is 0.352 e. The zero-order valence-corrected chi connectivity index (χ0v) is 14.1. The molecule has 0 aliphatic rings. The maximum atomic E-state index is 14.2. The van der Waals surface area contributed by atoms with Crippen molar-refractivity contribution in [3.63, 3.8) is 0 Å². The van der Waals surface area contributed by atoms with Crippen LogP contribution in [-0.4, -0.2) is 18.1 Å². The van der Waals surface area contributed by atoms with Gasteiger partial charge in [0.05, 0.1) is 0 Å². The third kappa shape index (κ3) is 3.53. The summed E-state index contributed by atoms with van der Waals surface area (Å²) in [4.78, 5) is 12.9. The first-order chi connectivity index (χ1) is 10.4. The molecule has 8 heteroatoms. The van der Waals surface area contributed by atoms with Crippen LogP contribution in [0.25, 0.3) is 12.2 Å². The van der Waals surface area contributed by atoms with Crippen LogP contribution >= 0.6 is 27.3 Å². The van der Waals surface area contributed by atoms with Crippen LogP contribution in [0, 0.1) is 5.82 Å². The summed E-state index contributed by atoms with van der Waals surface area (Å²) < 4.78 is 14.8. The van der Waals surface area contributed by atoms with E-state index in [4.69, 9.17) is 11.7 Å². The highest BCUT2D eigenvalue weighted by molar-refractivity contribution is 9.10. The topological polar surface area (TPSA) is 75.6 Å². The Bertz CT molecular complexity index is 703. The number of nitrogens with two attached hydrogens (primary N) is 2. The molecule has 5 nitrogen and oxygen atoms in total. The quantitative estimate of drug-likeness (QED) is 0.483. The lowest BCUT2D eigenvalue weighted by Crippen LogP contribution is -2.49. The number of carbonyl (C=O) groups excluding carboxylic acids is 1. The molecule has 116 valence electrons. The van der Waals surface area contributed by atoms with E-state index in [0.29, 0.717) is 15.0 Å². The zero-order valence-electron chi connectivity index (χ0n) is 11.7. The van der Waals surface area contributed by atoms with Gasteiger partial charge in [0.15, 0.2) is 0 Å². The van der Waals surface area contributed by atoms with Gasteiger partial charge in [0.25, 0.3) is 0 Å². The number of hydrazine groups is 2. The second-order valence-electron chi connectivity index (χ2n) is 4.40. The van der Waals surface area contributed by atoms with Gasteiger partial charge >= 0.3 is 6.03 Å². The van der Waals surface area contributed by atoms with Gasteiger partial charge in [-0.05, 0) is 29.7 Å². The molecule has 4 N–H and O–H groups in total. The number of amides is 2. The molecule has 0 spiro atoms. The molecule has 0 aliphatic heterocycles. The number of rotatable bonds is 3. The molecule has 1 heterocycles. The number of hydrogen-bond donors (Lipinski definition) is 2. The minimum absolute atomic E-state index is 0.0514. The number of halogens is 2. The van der Waals surface area contributed by atoms with Gasteiger partial charge in [-0.3, -0.25) is 5.01 Å². The molecular weight excluding hydrogens is 371 g/mol. The molecule has 2 aromatic rings. The Morgan fingerprint density at radius 1 is 1.32 bits per heavy atom. The van der Waals surface area contributed by atoms with E-state index < -0.39 is 11.8 Å². The fraction of sp³-hybridized carbons (Fsp3) is 0.0714. The van der Waals surface area contributed by atoms with Crippen LogP contribution in [0.3, 0.4) is 0 Å². The van der Waals surface area contributed by atoms with E-state index in [1.54, 1.807) is 23.5 Å². The minimum Gasteiger partial charge on any atom is -0.264 e. The number of nitrogens with zero attached hydrogens (tertiary/aromatic N) is 2. The molecule has 0 unspecified atom stereocenters. The highest BCUT2D eigenvalue weighted by Crippen LogP contribution is 2.32. The maximum Gasteiger partial charge on any atom is 0.352 e. The van der Waals surface area contributed by atoms with E-state index in [0.717, 1.165) is 9.89 Å². The van der Waals surface area contributed by atoms with Crippen molar-refractivity contribution in [3.8, 4) is 0 Å². The van der Waals surface area contributed by atoms with E-state index in [9.17, 15) is 9.18 Å². The van der Waals surface area contributed by atoms with Crippen LogP contribution in [0.15, 0.2) is 34.1 Å². The van der Waals surface area contributed by atoms with E-state index in [-0.39, 0.29) is 5.69 Å². The fourth-order valence-electron chi connectivity index (χ4n) is 1.78. The Labute approximate surface area is 139 Å². The van der Waals surface area contributed by atoms with Gasteiger partial charge < -0.3 is 0 Å². The molecule has 0 bridgehead atoms.